The summed E-state index contributed by atoms with van der Waals surface area (Å²) in [6.07, 6.45) is 0.740. The Morgan fingerprint density at radius 3 is 2.56 bits per heavy atom. The quantitative estimate of drug-likeness (QED) is 0.606. The molecule has 2 aromatic carbocycles. The van der Waals surface area contributed by atoms with E-state index in [-0.39, 0.29) is 24.3 Å². The summed E-state index contributed by atoms with van der Waals surface area (Å²) in [4.78, 5) is 28.5. The summed E-state index contributed by atoms with van der Waals surface area (Å²) in [7, 11) is 0. The molecule has 2 aliphatic heterocycles. The van der Waals surface area contributed by atoms with Crippen molar-refractivity contribution in [2.24, 2.45) is 0 Å². The molecule has 3 heterocycles. The lowest BCUT2D eigenvalue weighted by Gasteiger charge is -2.31. The number of fused-ring (bicyclic) bond motifs is 4. The van der Waals surface area contributed by atoms with Gasteiger partial charge in [0.25, 0.3) is 0 Å². The van der Waals surface area contributed by atoms with E-state index in [9.17, 15) is 9.59 Å². The van der Waals surface area contributed by atoms with Gasteiger partial charge in [-0.25, -0.2) is 4.68 Å². The van der Waals surface area contributed by atoms with E-state index in [4.69, 9.17) is 23.2 Å². The number of nitrogens with one attached hydrogen (secondary N) is 1. The molecule has 0 bridgehead atoms. The summed E-state index contributed by atoms with van der Waals surface area (Å²) in [6, 6.07) is 12.6. The molecule has 0 aliphatic carbocycles. The zero-order valence-corrected chi connectivity index (χ0v) is 19.1. The molecule has 1 aromatic heterocycles. The van der Waals surface area contributed by atoms with Gasteiger partial charge in [0.1, 0.15) is 11.1 Å². The average molecular weight is 470 g/mol. The van der Waals surface area contributed by atoms with Gasteiger partial charge in [-0.3, -0.25) is 9.59 Å². The number of hydrogen-bond donors (Lipinski definition) is 1. The SMILES string of the molecule is CCCN1C(=O)[C@]2(CC(=O)Nc3c2nnn3[C@@H](C)c2ccc(Cl)cc2)c2cc(Cl)ccc21. The highest BCUT2D eigenvalue weighted by Crippen LogP contribution is 2.52. The fraction of sp³-hybridized carbons (Fsp3) is 0.304. The van der Waals surface area contributed by atoms with Crippen LogP contribution < -0.4 is 10.2 Å². The lowest BCUT2D eigenvalue weighted by Crippen LogP contribution is -2.47. The van der Waals surface area contributed by atoms with Crippen molar-refractivity contribution in [1.82, 2.24) is 15.0 Å². The molecular formula is C23H21Cl2N5O2. The Balaban J connectivity index is 1.69. The number of hydrogen-bond acceptors (Lipinski definition) is 4. The number of anilines is 2. The Kier molecular flexibility index (Phi) is 4.98. The highest BCUT2D eigenvalue weighted by atomic mass is 35.5. The summed E-state index contributed by atoms with van der Waals surface area (Å²) in [6.45, 7) is 4.51. The van der Waals surface area contributed by atoms with Crippen molar-refractivity contribution in [2.75, 3.05) is 16.8 Å². The molecule has 0 saturated heterocycles. The molecule has 0 fully saturated rings. The first kappa shape index (κ1) is 21.0. The molecule has 5 rings (SSSR count). The Morgan fingerprint density at radius 2 is 1.84 bits per heavy atom. The number of amides is 2. The number of carbonyl (C=O) groups is 2. The molecule has 2 atom stereocenters. The molecule has 1 spiro atoms. The fourth-order valence-electron chi connectivity index (χ4n) is 4.74. The Morgan fingerprint density at radius 1 is 1.12 bits per heavy atom. The molecular weight excluding hydrogens is 449 g/mol. The van der Waals surface area contributed by atoms with Crippen LogP contribution in [0.15, 0.2) is 42.5 Å². The van der Waals surface area contributed by atoms with E-state index in [1.807, 2.05) is 32.0 Å². The smallest absolute Gasteiger partial charge is 0.244 e. The van der Waals surface area contributed by atoms with Crippen molar-refractivity contribution in [1.29, 1.82) is 0 Å². The van der Waals surface area contributed by atoms with Crippen molar-refractivity contribution in [3.8, 4) is 0 Å². The predicted molar refractivity (Wildman–Crippen MR) is 123 cm³/mol. The number of halogens is 2. The second kappa shape index (κ2) is 7.60. The number of carbonyl (C=O) groups excluding carboxylic acids is 2. The van der Waals surface area contributed by atoms with Gasteiger partial charge in [0.15, 0.2) is 5.82 Å². The number of nitrogens with zero attached hydrogens (tertiary/aromatic N) is 4. The molecule has 7 nitrogen and oxygen atoms in total. The van der Waals surface area contributed by atoms with Crippen LogP contribution in [0.2, 0.25) is 10.0 Å². The summed E-state index contributed by atoms with van der Waals surface area (Å²) >= 11 is 12.4. The lowest BCUT2D eigenvalue weighted by atomic mass is 9.73. The molecule has 164 valence electrons. The molecule has 0 radical (unpaired) electrons. The maximum absolute atomic E-state index is 13.8. The minimum absolute atomic E-state index is 0.0413. The molecule has 0 unspecified atom stereocenters. The van der Waals surface area contributed by atoms with Crippen LogP contribution >= 0.6 is 23.2 Å². The van der Waals surface area contributed by atoms with Gasteiger partial charge in [-0.1, -0.05) is 47.5 Å². The second-order valence-corrected chi connectivity index (χ2v) is 9.08. The topological polar surface area (TPSA) is 80.1 Å². The maximum atomic E-state index is 13.8. The van der Waals surface area contributed by atoms with Crippen LogP contribution in [-0.4, -0.2) is 33.4 Å². The van der Waals surface area contributed by atoms with Crippen molar-refractivity contribution in [2.45, 2.75) is 38.1 Å². The first-order valence-electron chi connectivity index (χ1n) is 10.5. The predicted octanol–water partition coefficient (Wildman–Crippen LogP) is 4.58. The normalized spacial score (nSPS) is 20.3. The summed E-state index contributed by atoms with van der Waals surface area (Å²) in [5.41, 5.74) is 1.62. The maximum Gasteiger partial charge on any atom is 0.244 e. The third-order valence-corrected chi connectivity index (χ3v) is 6.76. The standard InChI is InChI=1S/C23H21Cl2N5O2/c1-3-10-29-18-9-8-16(25)11-17(18)23(22(29)32)12-19(31)26-21-20(23)27-28-30(21)13(2)14-4-6-15(24)7-5-14/h4-9,11,13H,3,10,12H2,1-2H3,(H,26,31)/t13-,23+/m0/s1. The van der Waals surface area contributed by atoms with Crippen LogP contribution in [0.25, 0.3) is 0 Å². The van der Waals surface area contributed by atoms with Gasteiger partial charge in [0, 0.05) is 22.3 Å². The van der Waals surface area contributed by atoms with Crippen molar-refractivity contribution >= 4 is 46.5 Å². The van der Waals surface area contributed by atoms with Gasteiger partial charge in [0.2, 0.25) is 11.8 Å². The summed E-state index contributed by atoms with van der Waals surface area (Å²) < 4.78 is 1.65. The number of rotatable bonds is 4. The Hall–Kier alpha value is -2.90. The Bertz CT molecular complexity index is 1240. The zero-order chi connectivity index (χ0) is 22.6. The van der Waals surface area contributed by atoms with Gasteiger partial charge < -0.3 is 10.2 Å². The molecule has 2 aliphatic rings. The van der Waals surface area contributed by atoms with Crippen LogP contribution in [0, 0.1) is 0 Å². The van der Waals surface area contributed by atoms with Crippen molar-refractivity contribution in [3.63, 3.8) is 0 Å². The Labute approximate surface area is 195 Å². The summed E-state index contributed by atoms with van der Waals surface area (Å²) in [5, 5.41) is 12.9. The molecule has 1 N–H and O–H groups in total. The molecule has 32 heavy (non-hydrogen) atoms. The van der Waals surface area contributed by atoms with E-state index >= 15 is 0 Å². The number of aromatic nitrogens is 3. The van der Waals surface area contributed by atoms with Crippen LogP contribution in [0.4, 0.5) is 11.5 Å². The minimum atomic E-state index is -1.25. The lowest BCUT2D eigenvalue weighted by molar-refractivity contribution is -0.126. The van der Waals surface area contributed by atoms with E-state index in [2.05, 4.69) is 15.6 Å². The zero-order valence-electron chi connectivity index (χ0n) is 17.6. The summed E-state index contributed by atoms with van der Waals surface area (Å²) in [5.74, 6) is 0.00205. The third-order valence-electron chi connectivity index (χ3n) is 6.27. The first-order valence-corrected chi connectivity index (χ1v) is 11.3. The fourth-order valence-corrected chi connectivity index (χ4v) is 5.04. The van der Waals surface area contributed by atoms with E-state index in [1.165, 1.54) is 0 Å². The van der Waals surface area contributed by atoms with E-state index in [0.29, 0.717) is 33.7 Å². The molecule has 3 aromatic rings. The highest BCUT2D eigenvalue weighted by molar-refractivity contribution is 6.31. The van der Waals surface area contributed by atoms with Crippen LogP contribution in [0.3, 0.4) is 0 Å². The second-order valence-electron chi connectivity index (χ2n) is 8.21. The number of benzene rings is 2. The van der Waals surface area contributed by atoms with Gasteiger partial charge in [-0.2, -0.15) is 0 Å². The van der Waals surface area contributed by atoms with E-state index < -0.39 is 5.41 Å². The van der Waals surface area contributed by atoms with Gasteiger partial charge in [-0.05, 0) is 54.8 Å². The molecule has 2 amide bonds. The monoisotopic (exact) mass is 469 g/mol. The average Bonchev–Trinajstić information content (AvgIpc) is 3.28. The van der Waals surface area contributed by atoms with Crippen molar-refractivity contribution in [3.05, 3.63) is 69.3 Å². The van der Waals surface area contributed by atoms with Crippen LogP contribution in [-0.2, 0) is 15.0 Å². The van der Waals surface area contributed by atoms with E-state index in [0.717, 1.165) is 17.7 Å². The van der Waals surface area contributed by atoms with Gasteiger partial charge in [0.05, 0.1) is 12.5 Å². The molecule has 0 saturated carbocycles. The largest absolute Gasteiger partial charge is 0.311 e. The van der Waals surface area contributed by atoms with Crippen molar-refractivity contribution < 1.29 is 9.59 Å². The highest BCUT2D eigenvalue weighted by Gasteiger charge is 2.58. The van der Waals surface area contributed by atoms with Gasteiger partial charge in [-0.15, -0.1) is 5.10 Å². The van der Waals surface area contributed by atoms with Crippen LogP contribution in [0.5, 0.6) is 0 Å². The van der Waals surface area contributed by atoms with Gasteiger partial charge >= 0.3 is 0 Å². The first-order chi connectivity index (χ1) is 15.4. The van der Waals surface area contributed by atoms with E-state index in [1.54, 1.807) is 33.8 Å². The van der Waals surface area contributed by atoms with Crippen LogP contribution in [0.1, 0.15) is 49.6 Å². The minimum Gasteiger partial charge on any atom is -0.311 e. The molecule has 9 heteroatoms. The third kappa shape index (κ3) is 2.95.